The maximum absolute atomic E-state index is 12.6. The van der Waals surface area contributed by atoms with Crippen LogP contribution in [-0.4, -0.2) is 49.2 Å². The minimum absolute atomic E-state index is 0.000944. The lowest BCUT2D eigenvalue weighted by Crippen LogP contribution is -2.41. The summed E-state index contributed by atoms with van der Waals surface area (Å²) in [7, 11) is 1.55. The highest BCUT2D eigenvalue weighted by Crippen LogP contribution is 2.25. The number of methoxy groups -OCH3 is 1. The molecule has 2 rings (SSSR count). The molecular weight excluding hydrogens is 268 g/mol. The number of phenols is 1. The molecule has 1 aliphatic heterocycles. The summed E-state index contributed by atoms with van der Waals surface area (Å²) in [6.45, 7) is 5.33. The standard InChI is InChI=1S/C16H24N2O3/c1-3-18(11-12-5-4-8-17-10-12)16(20)14-9-13(21-2)6-7-15(14)19/h6-7,9,12,17,19H,3-5,8,10-11H2,1-2H3. The summed E-state index contributed by atoms with van der Waals surface area (Å²) < 4.78 is 5.13. The largest absolute Gasteiger partial charge is 0.507 e. The Hall–Kier alpha value is -1.75. The molecule has 1 heterocycles. The number of benzene rings is 1. The van der Waals surface area contributed by atoms with Crippen molar-refractivity contribution in [3.63, 3.8) is 0 Å². The van der Waals surface area contributed by atoms with E-state index >= 15 is 0 Å². The molecule has 1 saturated heterocycles. The van der Waals surface area contributed by atoms with Crippen molar-refractivity contribution in [2.45, 2.75) is 19.8 Å². The van der Waals surface area contributed by atoms with Crippen LogP contribution < -0.4 is 10.1 Å². The molecule has 1 fully saturated rings. The molecule has 1 aromatic rings. The lowest BCUT2D eigenvalue weighted by molar-refractivity contribution is 0.0725. The number of ether oxygens (including phenoxy) is 1. The van der Waals surface area contributed by atoms with E-state index in [1.807, 2.05) is 6.92 Å². The molecule has 0 saturated carbocycles. The number of hydrogen-bond acceptors (Lipinski definition) is 4. The molecule has 2 N–H and O–H groups in total. The summed E-state index contributed by atoms with van der Waals surface area (Å²) >= 11 is 0. The number of piperidine rings is 1. The predicted molar refractivity (Wildman–Crippen MR) is 81.8 cm³/mol. The highest BCUT2D eigenvalue weighted by molar-refractivity contribution is 5.97. The van der Waals surface area contributed by atoms with Gasteiger partial charge in [-0.15, -0.1) is 0 Å². The average molecular weight is 292 g/mol. The van der Waals surface area contributed by atoms with E-state index in [0.717, 1.165) is 32.5 Å². The van der Waals surface area contributed by atoms with Crippen LogP contribution in [0.15, 0.2) is 18.2 Å². The second-order valence-electron chi connectivity index (χ2n) is 5.44. The van der Waals surface area contributed by atoms with E-state index in [1.165, 1.54) is 6.07 Å². The van der Waals surface area contributed by atoms with E-state index < -0.39 is 0 Å². The van der Waals surface area contributed by atoms with Gasteiger partial charge in [0, 0.05) is 13.1 Å². The van der Waals surface area contributed by atoms with Gasteiger partial charge in [0.25, 0.3) is 5.91 Å². The fraction of sp³-hybridized carbons (Fsp3) is 0.562. The van der Waals surface area contributed by atoms with E-state index in [2.05, 4.69) is 5.32 Å². The number of rotatable bonds is 5. The second kappa shape index (κ2) is 7.31. The Balaban J connectivity index is 2.11. The van der Waals surface area contributed by atoms with Crippen molar-refractivity contribution in [1.82, 2.24) is 10.2 Å². The van der Waals surface area contributed by atoms with Gasteiger partial charge < -0.3 is 20.1 Å². The van der Waals surface area contributed by atoms with Crippen LogP contribution in [0.4, 0.5) is 0 Å². The van der Waals surface area contributed by atoms with E-state index in [0.29, 0.717) is 23.8 Å². The lowest BCUT2D eigenvalue weighted by Gasteiger charge is -2.29. The fourth-order valence-corrected chi connectivity index (χ4v) is 2.73. The first-order valence-electron chi connectivity index (χ1n) is 7.52. The molecule has 21 heavy (non-hydrogen) atoms. The van der Waals surface area contributed by atoms with Crippen molar-refractivity contribution in [2.75, 3.05) is 33.3 Å². The number of amides is 1. The number of hydrogen-bond donors (Lipinski definition) is 2. The quantitative estimate of drug-likeness (QED) is 0.869. The van der Waals surface area contributed by atoms with E-state index in [4.69, 9.17) is 4.74 Å². The summed E-state index contributed by atoms with van der Waals surface area (Å²) in [5.41, 5.74) is 0.306. The van der Waals surface area contributed by atoms with Gasteiger partial charge in [0.15, 0.2) is 0 Å². The highest BCUT2D eigenvalue weighted by Gasteiger charge is 2.22. The first-order chi connectivity index (χ1) is 10.2. The second-order valence-corrected chi connectivity index (χ2v) is 5.44. The van der Waals surface area contributed by atoms with Crippen LogP contribution in [-0.2, 0) is 0 Å². The van der Waals surface area contributed by atoms with Gasteiger partial charge in [0.05, 0.1) is 12.7 Å². The summed E-state index contributed by atoms with van der Waals surface area (Å²) in [6.07, 6.45) is 2.29. The monoisotopic (exact) mass is 292 g/mol. The minimum atomic E-state index is -0.139. The molecule has 5 heteroatoms. The molecule has 5 nitrogen and oxygen atoms in total. The molecule has 0 aromatic heterocycles. The van der Waals surface area contributed by atoms with Crippen LogP contribution in [0.1, 0.15) is 30.1 Å². The Bertz CT molecular complexity index is 484. The molecule has 0 radical (unpaired) electrons. The Labute approximate surface area is 125 Å². The SMILES string of the molecule is CCN(CC1CCCNC1)C(=O)c1cc(OC)ccc1O. The Kier molecular flexibility index (Phi) is 5.44. The van der Waals surface area contributed by atoms with Crippen LogP contribution >= 0.6 is 0 Å². The normalized spacial score (nSPS) is 18.3. The molecule has 1 atom stereocenters. The smallest absolute Gasteiger partial charge is 0.257 e. The molecule has 1 aliphatic rings. The van der Waals surface area contributed by atoms with Gasteiger partial charge in [-0.25, -0.2) is 0 Å². The Morgan fingerprint density at radius 1 is 1.52 bits per heavy atom. The topological polar surface area (TPSA) is 61.8 Å². The summed E-state index contributed by atoms with van der Waals surface area (Å²) in [5, 5.41) is 13.3. The van der Waals surface area contributed by atoms with E-state index in [9.17, 15) is 9.90 Å². The van der Waals surface area contributed by atoms with Crippen molar-refractivity contribution >= 4 is 5.91 Å². The number of phenolic OH excluding ortho intramolecular Hbond substituents is 1. The van der Waals surface area contributed by atoms with E-state index in [-0.39, 0.29) is 11.7 Å². The minimum Gasteiger partial charge on any atom is -0.507 e. The third kappa shape index (κ3) is 3.88. The molecule has 1 aromatic carbocycles. The number of nitrogens with one attached hydrogen (secondary N) is 1. The van der Waals surface area contributed by atoms with Crippen molar-refractivity contribution in [3.05, 3.63) is 23.8 Å². The molecule has 0 aliphatic carbocycles. The zero-order chi connectivity index (χ0) is 15.2. The van der Waals surface area contributed by atoms with Gasteiger partial charge in [-0.1, -0.05) is 0 Å². The first kappa shape index (κ1) is 15.6. The predicted octanol–water partition coefficient (Wildman–Crippen LogP) is 1.86. The van der Waals surface area contributed by atoms with Gasteiger partial charge >= 0.3 is 0 Å². The third-order valence-corrected chi connectivity index (χ3v) is 3.98. The van der Waals surface area contributed by atoms with Gasteiger partial charge in [-0.3, -0.25) is 4.79 Å². The number of carbonyl (C=O) groups excluding carboxylic acids is 1. The van der Waals surface area contributed by atoms with E-state index in [1.54, 1.807) is 24.1 Å². The summed E-state index contributed by atoms with van der Waals surface area (Å²) in [4.78, 5) is 14.4. The van der Waals surface area contributed by atoms with Crippen LogP contribution in [0.2, 0.25) is 0 Å². The van der Waals surface area contributed by atoms with Gasteiger partial charge in [0.1, 0.15) is 11.5 Å². The number of aromatic hydroxyl groups is 1. The van der Waals surface area contributed by atoms with Crippen LogP contribution in [0.3, 0.4) is 0 Å². The zero-order valence-electron chi connectivity index (χ0n) is 12.8. The molecule has 1 unspecified atom stereocenters. The Morgan fingerprint density at radius 3 is 2.95 bits per heavy atom. The lowest BCUT2D eigenvalue weighted by atomic mass is 9.98. The highest BCUT2D eigenvalue weighted by atomic mass is 16.5. The van der Waals surface area contributed by atoms with Crippen LogP contribution in [0.25, 0.3) is 0 Å². The molecule has 1 amide bonds. The third-order valence-electron chi connectivity index (χ3n) is 3.98. The van der Waals surface area contributed by atoms with Crippen molar-refractivity contribution in [1.29, 1.82) is 0 Å². The average Bonchev–Trinajstić information content (AvgIpc) is 2.53. The number of nitrogens with zero attached hydrogens (tertiary/aromatic N) is 1. The van der Waals surface area contributed by atoms with Crippen LogP contribution in [0.5, 0.6) is 11.5 Å². The van der Waals surface area contributed by atoms with Gasteiger partial charge in [0.2, 0.25) is 0 Å². The molecular formula is C16H24N2O3. The van der Waals surface area contributed by atoms with Gasteiger partial charge in [-0.2, -0.15) is 0 Å². The fourth-order valence-electron chi connectivity index (χ4n) is 2.73. The summed E-state index contributed by atoms with van der Waals surface area (Å²) in [5.74, 6) is 0.919. The number of carbonyl (C=O) groups is 1. The maximum atomic E-state index is 12.6. The first-order valence-corrected chi connectivity index (χ1v) is 7.52. The summed E-state index contributed by atoms with van der Waals surface area (Å²) in [6, 6.07) is 4.75. The van der Waals surface area contributed by atoms with Gasteiger partial charge in [-0.05, 0) is 57.0 Å². The molecule has 0 spiro atoms. The van der Waals surface area contributed by atoms with Crippen molar-refractivity contribution in [3.8, 4) is 11.5 Å². The van der Waals surface area contributed by atoms with Crippen molar-refractivity contribution in [2.24, 2.45) is 5.92 Å². The molecule has 116 valence electrons. The maximum Gasteiger partial charge on any atom is 0.257 e. The van der Waals surface area contributed by atoms with Crippen LogP contribution in [0, 0.1) is 5.92 Å². The molecule has 0 bridgehead atoms. The van der Waals surface area contributed by atoms with Crippen molar-refractivity contribution < 1.29 is 14.6 Å². The zero-order valence-corrected chi connectivity index (χ0v) is 12.8. The Morgan fingerprint density at radius 2 is 2.33 bits per heavy atom.